The zero-order valence-electron chi connectivity index (χ0n) is 8.13. The molecule has 1 N–H and O–H groups in total. The van der Waals surface area contributed by atoms with E-state index in [0.29, 0.717) is 0 Å². The van der Waals surface area contributed by atoms with Crippen LogP contribution >= 0.6 is 0 Å². The standard InChI is InChI=1S/C10H13N3/c1-10(2,3)8-6-11-4-7-5-12-13-9(7)8/h4-6H,1-3H3,(H,12,13). The molecule has 2 aromatic rings. The van der Waals surface area contributed by atoms with Gasteiger partial charge in [0.15, 0.2) is 0 Å². The van der Waals surface area contributed by atoms with Gasteiger partial charge in [-0.3, -0.25) is 10.1 Å². The van der Waals surface area contributed by atoms with E-state index in [9.17, 15) is 0 Å². The Morgan fingerprint density at radius 3 is 2.62 bits per heavy atom. The maximum atomic E-state index is 4.19. The van der Waals surface area contributed by atoms with Crippen molar-refractivity contribution in [2.45, 2.75) is 26.2 Å². The first-order chi connectivity index (χ1) is 6.09. The van der Waals surface area contributed by atoms with Gasteiger partial charge >= 0.3 is 0 Å². The molecular weight excluding hydrogens is 162 g/mol. The average Bonchev–Trinajstić information content (AvgIpc) is 2.48. The first-order valence-corrected chi connectivity index (χ1v) is 4.36. The van der Waals surface area contributed by atoms with E-state index in [-0.39, 0.29) is 5.41 Å². The summed E-state index contributed by atoms with van der Waals surface area (Å²) in [4.78, 5) is 4.19. The maximum Gasteiger partial charge on any atom is 0.0718 e. The fourth-order valence-corrected chi connectivity index (χ4v) is 1.43. The van der Waals surface area contributed by atoms with Crippen LogP contribution < -0.4 is 0 Å². The highest BCUT2D eigenvalue weighted by atomic mass is 15.1. The minimum Gasteiger partial charge on any atom is -0.277 e. The molecule has 0 aliphatic heterocycles. The molecular formula is C10H13N3. The Labute approximate surface area is 77.2 Å². The SMILES string of the molecule is CC(C)(C)c1cncc2cn[nH]c12. The Morgan fingerprint density at radius 2 is 1.92 bits per heavy atom. The number of pyridine rings is 1. The van der Waals surface area contributed by atoms with Crippen molar-refractivity contribution in [3.8, 4) is 0 Å². The van der Waals surface area contributed by atoms with Crippen LogP contribution in [0.1, 0.15) is 26.3 Å². The maximum absolute atomic E-state index is 4.19. The van der Waals surface area contributed by atoms with Crippen molar-refractivity contribution >= 4 is 10.9 Å². The zero-order valence-corrected chi connectivity index (χ0v) is 8.13. The molecule has 0 aliphatic rings. The van der Waals surface area contributed by atoms with Crippen LogP contribution in [-0.4, -0.2) is 15.2 Å². The fourth-order valence-electron chi connectivity index (χ4n) is 1.43. The van der Waals surface area contributed by atoms with Crippen LogP contribution in [0.3, 0.4) is 0 Å². The predicted octanol–water partition coefficient (Wildman–Crippen LogP) is 2.26. The van der Waals surface area contributed by atoms with Crippen molar-refractivity contribution in [1.82, 2.24) is 15.2 Å². The van der Waals surface area contributed by atoms with Gasteiger partial charge < -0.3 is 0 Å². The second kappa shape index (κ2) is 2.55. The monoisotopic (exact) mass is 175 g/mol. The molecule has 0 saturated carbocycles. The first kappa shape index (κ1) is 8.23. The lowest BCUT2D eigenvalue weighted by Gasteiger charge is -2.18. The van der Waals surface area contributed by atoms with Crippen molar-refractivity contribution in [3.05, 3.63) is 24.2 Å². The molecule has 0 aliphatic carbocycles. The van der Waals surface area contributed by atoms with E-state index in [0.717, 1.165) is 10.9 Å². The van der Waals surface area contributed by atoms with Crippen molar-refractivity contribution in [2.75, 3.05) is 0 Å². The number of hydrogen-bond donors (Lipinski definition) is 1. The summed E-state index contributed by atoms with van der Waals surface area (Å²) in [5, 5.41) is 8.09. The van der Waals surface area contributed by atoms with E-state index in [4.69, 9.17) is 0 Å². The quantitative estimate of drug-likeness (QED) is 0.667. The van der Waals surface area contributed by atoms with E-state index in [1.165, 1.54) is 5.56 Å². The van der Waals surface area contributed by atoms with Gasteiger partial charge in [0.2, 0.25) is 0 Å². The van der Waals surface area contributed by atoms with Crippen LogP contribution in [0.4, 0.5) is 0 Å². The van der Waals surface area contributed by atoms with E-state index < -0.39 is 0 Å². The number of fused-ring (bicyclic) bond motifs is 1. The lowest BCUT2D eigenvalue weighted by molar-refractivity contribution is 0.592. The molecule has 3 heteroatoms. The lowest BCUT2D eigenvalue weighted by atomic mass is 9.87. The van der Waals surface area contributed by atoms with Gasteiger partial charge in [0.25, 0.3) is 0 Å². The van der Waals surface area contributed by atoms with Crippen LogP contribution in [0, 0.1) is 0 Å². The van der Waals surface area contributed by atoms with E-state index >= 15 is 0 Å². The van der Waals surface area contributed by atoms with Gasteiger partial charge in [0.05, 0.1) is 11.7 Å². The number of nitrogens with zero attached hydrogens (tertiary/aromatic N) is 2. The zero-order chi connectivity index (χ0) is 9.47. The Bertz CT molecular complexity index is 423. The summed E-state index contributed by atoms with van der Waals surface area (Å²) in [6.07, 6.45) is 5.53. The molecule has 13 heavy (non-hydrogen) atoms. The van der Waals surface area contributed by atoms with E-state index in [1.807, 2.05) is 12.4 Å². The van der Waals surface area contributed by atoms with Crippen molar-refractivity contribution in [1.29, 1.82) is 0 Å². The third kappa shape index (κ3) is 1.30. The van der Waals surface area contributed by atoms with Crippen LogP contribution in [-0.2, 0) is 5.41 Å². The van der Waals surface area contributed by atoms with Crippen LogP contribution in [0.2, 0.25) is 0 Å². The molecule has 0 aromatic carbocycles. The molecule has 0 amide bonds. The van der Waals surface area contributed by atoms with Gasteiger partial charge in [-0.05, 0) is 5.41 Å². The minimum atomic E-state index is 0.110. The molecule has 2 aromatic heterocycles. The summed E-state index contributed by atoms with van der Waals surface area (Å²) in [6, 6.07) is 0. The highest BCUT2D eigenvalue weighted by Gasteiger charge is 2.17. The van der Waals surface area contributed by atoms with Gasteiger partial charge in [-0.25, -0.2) is 0 Å². The Balaban J connectivity index is 2.75. The predicted molar refractivity (Wildman–Crippen MR) is 52.6 cm³/mol. The lowest BCUT2D eigenvalue weighted by Crippen LogP contribution is -2.12. The molecule has 2 rings (SSSR count). The van der Waals surface area contributed by atoms with Crippen LogP contribution in [0.25, 0.3) is 10.9 Å². The Kier molecular flexibility index (Phi) is 1.62. The number of aromatic nitrogens is 3. The molecule has 0 bridgehead atoms. The molecule has 2 heterocycles. The molecule has 3 nitrogen and oxygen atoms in total. The molecule has 0 unspecified atom stereocenters. The second-order valence-electron chi connectivity index (χ2n) is 4.27. The van der Waals surface area contributed by atoms with E-state index in [1.54, 1.807) is 6.20 Å². The van der Waals surface area contributed by atoms with Crippen molar-refractivity contribution in [2.24, 2.45) is 0 Å². The van der Waals surface area contributed by atoms with Crippen molar-refractivity contribution in [3.63, 3.8) is 0 Å². The minimum absolute atomic E-state index is 0.110. The number of H-pyrrole nitrogens is 1. The van der Waals surface area contributed by atoms with Crippen LogP contribution in [0.5, 0.6) is 0 Å². The van der Waals surface area contributed by atoms with Gasteiger partial charge in [-0.2, -0.15) is 5.10 Å². The Hall–Kier alpha value is -1.38. The summed E-state index contributed by atoms with van der Waals surface area (Å²) in [7, 11) is 0. The molecule has 0 saturated heterocycles. The molecule has 0 fully saturated rings. The number of aromatic amines is 1. The summed E-state index contributed by atoms with van der Waals surface area (Å²) in [6.45, 7) is 6.51. The van der Waals surface area contributed by atoms with Gasteiger partial charge in [0, 0.05) is 23.3 Å². The molecule has 0 spiro atoms. The van der Waals surface area contributed by atoms with E-state index in [2.05, 4.69) is 36.0 Å². The average molecular weight is 175 g/mol. The molecule has 68 valence electrons. The van der Waals surface area contributed by atoms with Crippen molar-refractivity contribution < 1.29 is 0 Å². The topological polar surface area (TPSA) is 41.6 Å². The highest BCUT2D eigenvalue weighted by molar-refractivity contribution is 5.80. The summed E-state index contributed by atoms with van der Waals surface area (Å²) < 4.78 is 0. The van der Waals surface area contributed by atoms with Gasteiger partial charge in [-0.15, -0.1) is 0 Å². The highest BCUT2D eigenvalue weighted by Crippen LogP contribution is 2.26. The number of hydrogen-bond acceptors (Lipinski definition) is 2. The third-order valence-electron chi connectivity index (χ3n) is 2.16. The normalized spacial score (nSPS) is 12.2. The second-order valence-corrected chi connectivity index (χ2v) is 4.27. The largest absolute Gasteiger partial charge is 0.277 e. The molecule has 0 atom stereocenters. The summed E-state index contributed by atoms with van der Waals surface area (Å²) >= 11 is 0. The molecule has 0 radical (unpaired) electrons. The van der Waals surface area contributed by atoms with Gasteiger partial charge in [-0.1, -0.05) is 20.8 Å². The smallest absolute Gasteiger partial charge is 0.0718 e. The number of nitrogens with one attached hydrogen (secondary N) is 1. The summed E-state index contributed by atoms with van der Waals surface area (Å²) in [5.41, 5.74) is 2.42. The van der Waals surface area contributed by atoms with Crippen LogP contribution in [0.15, 0.2) is 18.6 Å². The summed E-state index contributed by atoms with van der Waals surface area (Å²) in [5.74, 6) is 0. The third-order valence-corrected chi connectivity index (χ3v) is 2.16. The number of rotatable bonds is 0. The fraction of sp³-hybridized carbons (Fsp3) is 0.400. The Morgan fingerprint density at radius 1 is 1.15 bits per heavy atom. The first-order valence-electron chi connectivity index (χ1n) is 4.36. The van der Waals surface area contributed by atoms with Gasteiger partial charge in [0.1, 0.15) is 0 Å².